The summed E-state index contributed by atoms with van der Waals surface area (Å²) in [7, 11) is 0. The number of esters is 1. The molecular formula is C6H12ClNO2. The van der Waals surface area contributed by atoms with E-state index in [1.165, 1.54) is 0 Å². The van der Waals surface area contributed by atoms with Gasteiger partial charge in [-0.05, 0) is 13.3 Å². The first-order chi connectivity index (χ1) is 4.72. The van der Waals surface area contributed by atoms with Crippen molar-refractivity contribution in [3.05, 3.63) is 0 Å². The van der Waals surface area contributed by atoms with E-state index in [1.807, 2.05) is 0 Å². The summed E-state index contributed by atoms with van der Waals surface area (Å²) in [5, 5.41) is 0. The molecule has 0 fully saturated rings. The lowest BCUT2D eigenvalue weighted by Crippen LogP contribution is -2.32. The molecule has 0 saturated heterocycles. The van der Waals surface area contributed by atoms with Gasteiger partial charge in [0.15, 0.2) is 0 Å². The van der Waals surface area contributed by atoms with Crippen LogP contribution in [0.5, 0.6) is 0 Å². The van der Waals surface area contributed by atoms with Crippen molar-refractivity contribution in [2.45, 2.75) is 19.4 Å². The number of hydrogen-bond donors (Lipinski definition) is 1. The first-order valence-corrected chi connectivity index (χ1v) is 3.74. The number of carbonyl (C=O) groups excluding carboxylic acids is 1. The first kappa shape index (κ1) is 9.72. The molecule has 3 nitrogen and oxygen atoms in total. The average molecular weight is 166 g/mol. The number of carbonyl (C=O) groups is 1. The van der Waals surface area contributed by atoms with Crippen LogP contribution in [-0.2, 0) is 9.53 Å². The predicted molar refractivity (Wildman–Crippen MR) is 39.9 cm³/mol. The van der Waals surface area contributed by atoms with Gasteiger partial charge in [-0.15, -0.1) is 11.6 Å². The molecule has 0 heterocycles. The van der Waals surface area contributed by atoms with E-state index in [1.54, 1.807) is 6.92 Å². The summed E-state index contributed by atoms with van der Waals surface area (Å²) in [4.78, 5) is 10.7. The molecule has 0 aliphatic carbocycles. The predicted octanol–water partition coefficient (Wildman–Crippen LogP) is 0.506. The summed E-state index contributed by atoms with van der Waals surface area (Å²) in [6, 6.07) is -0.558. The average Bonchev–Trinajstić information content (AvgIpc) is 1.89. The fraction of sp³-hybridized carbons (Fsp3) is 0.833. The van der Waals surface area contributed by atoms with Gasteiger partial charge in [-0.1, -0.05) is 0 Å². The Kier molecular flexibility index (Phi) is 5.35. The molecule has 0 radical (unpaired) electrons. The van der Waals surface area contributed by atoms with Crippen molar-refractivity contribution < 1.29 is 9.53 Å². The molecule has 4 heteroatoms. The van der Waals surface area contributed by atoms with Crippen LogP contribution in [0.1, 0.15) is 13.3 Å². The Morgan fingerprint density at radius 3 is 2.80 bits per heavy atom. The van der Waals surface area contributed by atoms with E-state index in [9.17, 15) is 4.79 Å². The van der Waals surface area contributed by atoms with Gasteiger partial charge in [0.05, 0.1) is 6.61 Å². The molecule has 0 saturated carbocycles. The number of hydrogen-bond acceptors (Lipinski definition) is 3. The molecule has 0 rings (SSSR count). The van der Waals surface area contributed by atoms with Crippen LogP contribution < -0.4 is 5.73 Å². The van der Waals surface area contributed by atoms with Crippen molar-refractivity contribution in [2.75, 3.05) is 12.5 Å². The van der Waals surface area contributed by atoms with E-state index in [4.69, 9.17) is 17.3 Å². The second-order valence-corrected chi connectivity index (χ2v) is 2.21. The zero-order chi connectivity index (χ0) is 7.98. The van der Waals surface area contributed by atoms with Crippen LogP contribution in [0.4, 0.5) is 0 Å². The largest absolute Gasteiger partial charge is 0.465 e. The summed E-state index contributed by atoms with van der Waals surface area (Å²) in [5.74, 6) is 0.0168. The van der Waals surface area contributed by atoms with Crippen LogP contribution in [0.15, 0.2) is 0 Å². The second-order valence-electron chi connectivity index (χ2n) is 1.84. The Bertz CT molecular complexity index is 108. The highest BCUT2D eigenvalue weighted by Crippen LogP contribution is 1.93. The molecule has 2 N–H and O–H groups in total. The Labute approximate surface area is 65.5 Å². The molecule has 0 aromatic rings. The molecule has 0 amide bonds. The van der Waals surface area contributed by atoms with Gasteiger partial charge >= 0.3 is 5.97 Å². The molecule has 10 heavy (non-hydrogen) atoms. The molecule has 0 aromatic heterocycles. The number of ether oxygens (including phenoxy) is 1. The zero-order valence-corrected chi connectivity index (χ0v) is 6.73. The highest BCUT2D eigenvalue weighted by molar-refractivity contribution is 6.18. The standard InChI is InChI=1S/C6H12ClNO2/c1-2-10-6(9)5(8)3-4-7/h5H,2-4,8H2,1H3. The summed E-state index contributed by atoms with van der Waals surface area (Å²) >= 11 is 5.35. The number of alkyl halides is 1. The zero-order valence-electron chi connectivity index (χ0n) is 5.97. The monoisotopic (exact) mass is 165 g/mol. The summed E-state index contributed by atoms with van der Waals surface area (Å²) in [6.07, 6.45) is 0.473. The minimum absolute atomic E-state index is 0.370. The van der Waals surface area contributed by atoms with Crippen molar-refractivity contribution in [2.24, 2.45) is 5.73 Å². The highest BCUT2D eigenvalue weighted by atomic mass is 35.5. The fourth-order valence-corrected chi connectivity index (χ4v) is 0.720. The van der Waals surface area contributed by atoms with E-state index in [0.29, 0.717) is 18.9 Å². The van der Waals surface area contributed by atoms with E-state index in [0.717, 1.165) is 0 Å². The molecule has 0 aliphatic heterocycles. The van der Waals surface area contributed by atoms with Crippen LogP contribution in [0.25, 0.3) is 0 Å². The Morgan fingerprint density at radius 1 is 1.80 bits per heavy atom. The maximum Gasteiger partial charge on any atom is 0.322 e. The van der Waals surface area contributed by atoms with Crippen LogP contribution in [0.2, 0.25) is 0 Å². The van der Waals surface area contributed by atoms with Crippen LogP contribution >= 0.6 is 11.6 Å². The smallest absolute Gasteiger partial charge is 0.322 e. The van der Waals surface area contributed by atoms with Crippen molar-refractivity contribution >= 4 is 17.6 Å². The normalized spacial score (nSPS) is 12.7. The quantitative estimate of drug-likeness (QED) is 0.488. The Morgan fingerprint density at radius 2 is 2.40 bits per heavy atom. The van der Waals surface area contributed by atoms with Gasteiger partial charge in [-0.2, -0.15) is 0 Å². The molecular weight excluding hydrogens is 154 g/mol. The van der Waals surface area contributed by atoms with Crippen molar-refractivity contribution in [3.63, 3.8) is 0 Å². The molecule has 0 bridgehead atoms. The van der Waals surface area contributed by atoms with Crippen LogP contribution in [-0.4, -0.2) is 24.5 Å². The third kappa shape index (κ3) is 3.69. The molecule has 0 spiro atoms. The molecule has 1 atom stereocenters. The third-order valence-corrected chi connectivity index (χ3v) is 1.23. The lowest BCUT2D eigenvalue weighted by molar-refractivity contribution is -0.144. The van der Waals surface area contributed by atoms with E-state index in [2.05, 4.69) is 4.74 Å². The van der Waals surface area contributed by atoms with Gasteiger partial charge in [0.1, 0.15) is 6.04 Å². The van der Waals surface area contributed by atoms with Crippen molar-refractivity contribution in [3.8, 4) is 0 Å². The number of rotatable bonds is 4. The van der Waals surface area contributed by atoms with Gasteiger partial charge in [0.25, 0.3) is 0 Å². The maximum atomic E-state index is 10.7. The Balaban J connectivity index is 3.49. The van der Waals surface area contributed by atoms with Crippen molar-refractivity contribution in [1.82, 2.24) is 0 Å². The van der Waals surface area contributed by atoms with Gasteiger partial charge in [0.2, 0.25) is 0 Å². The minimum Gasteiger partial charge on any atom is -0.465 e. The Hall–Kier alpha value is -0.280. The topological polar surface area (TPSA) is 52.3 Å². The van der Waals surface area contributed by atoms with E-state index >= 15 is 0 Å². The SMILES string of the molecule is CCOC(=O)C(N)CCCl. The maximum absolute atomic E-state index is 10.7. The summed E-state index contributed by atoms with van der Waals surface area (Å²) in [5.41, 5.74) is 5.35. The first-order valence-electron chi connectivity index (χ1n) is 3.20. The highest BCUT2D eigenvalue weighted by Gasteiger charge is 2.12. The summed E-state index contributed by atoms with van der Waals surface area (Å²) in [6.45, 7) is 2.11. The van der Waals surface area contributed by atoms with Crippen LogP contribution in [0.3, 0.4) is 0 Å². The third-order valence-electron chi connectivity index (χ3n) is 1.01. The van der Waals surface area contributed by atoms with Crippen LogP contribution in [0, 0.1) is 0 Å². The number of halogens is 1. The van der Waals surface area contributed by atoms with Gasteiger partial charge in [-0.3, -0.25) is 4.79 Å². The molecule has 1 unspecified atom stereocenters. The molecule has 60 valence electrons. The lowest BCUT2D eigenvalue weighted by atomic mass is 10.2. The lowest BCUT2D eigenvalue weighted by Gasteiger charge is -2.07. The van der Waals surface area contributed by atoms with E-state index in [-0.39, 0.29) is 5.97 Å². The second kappa shape index (κ2) is 5.50. The fourth-order valence-electron chi connectivity index (χ4n) is 0.485. The van der Waals surface area contributed by atoms with Gasteiger partial charge < -0.3 is 10.5 Å². The minimum atomic E-state index is -0.558. The number of nitrogens with two attached hydrogens (primary N) is 1. The van der Waals surface area contributed by atoms with Gasteiger partial charge in [0, 0.05) is 5.88 Å². The summed E-state index contributed by atoms with van der Waals surface area (Å²) < 4.78 is 4.63. The molecule has 0 aromatic carbocycles. The van der Waals surface area contributed by atoms with Gasteiger partial charge in [-0.25, -0.2) is 0 Å². The molecule has 0 aliphatic rings. The van der Waals surface area contributed by atoms with E-state index < -0.39 is 6.04 Å². The van der Waals surface area contributed by atoms with Crippen molar-refractivity contribution in [1.29, 1.82) is 0 Å².